The lowest BCUT2D eigenvalue weighted by Crippen LogP contribution is -2.27. The van der Waals surface area contributed by atoms with Gasteiger partial charge < -0.3 is 0 Å². The maximum atomic E-state index is 2.59. The summed E-state index contributed by atoms with van der Waals surface area (Å²) in [5, 5.41) is 0. The van der Waals surface area contributed by atoms with Crippen molar-refractivity contribution in [2.75, 3.05) is 0 Å². The fraction of sp³-hybridized carbons (Fsp3) is 0.579. The molecule has 3 saturated carbocycles. The molecule has 0 heterocycles. The van der Waals surface area contributed by atoms with E-state index in [0.29, 0.717) is 5.41 Å². The Hall–Kier alpha value is -0.910. The molecule has 3 aliphatic rings. The van der Waals surface area contributed by atoms with Crippen molar-refractivity contribution >= 4 is 0 Å². The molecule has 3 aliphatic carbocycles. The highest BCUT2D eigenvalue weighted by Gasteiger charge is 2.67. The first-order chi connectivity index (χ1) is 9.31. The number of hydrogen-bond donors (Lipinski definition) is 0. The van der Waals surface area contributed by atoms with E-state index in [-0.39, 0.29) is 0 Å². The van der Waals surface area contributed by atoms with E-state index in [1.807, 2.05) is 5.92 Å². The first kappa shape index (κ1) is 11.9. The minimum Gasteiger partial charge on any atom is -0.0622 e. The summed E-state index contributed by atoms with van der Waals surface area (Å²) >= 11 is 0. The Morgan fingerprint density at radius 2 is 1.89 bits per heavy atom. The Morgan fingerprint density at radius 1 is 1.05 bits per heavy atom. The molecule has 1 unspecified atom stereocenters. The van der Waals surface area contributed by atoms with Crippen molar-refractivity contribution in [3.63, 3.8) is 0 Å². The fourth-order valence-corrected chi connectivity index (χ4v) is 5.37. The van der Waals surface area contributed by atoms with Crippen molar-refractivity contribution in [1.29, 1.82) is 0 Å². The van der Waals surface area contributed by atoms with Crippen LogP contribution in [0.1, 0.15) is 57.4 Å². The van der Waals surface area contributed by atoms with Gasteiger partial charge in [0.1, 0.15) is 11.8 Å². The smallest absolute Gasteiger partial charge is 0.0622 e. The normalized spacial score (nSPS) is 38.3. The highest BCUT2D eigenvalue weighted by molar-refractivity contribution is 5.48. The first-order valence-corrected chi connectivity index (χ1v) is 8.09. The number of fused-ring (bicyclic) bond motifs is 3. The molecule has 4 rings (SSSR count). The second-order valence-electron chi connectivity index (χ2n) is 7.05. The van der Waals surface area contributed by atoms with Crippen LogP contribution in [-0.4, -0.2) is 0 Å². The molecule has 1 aromatic rings. The predicted molar refractivity (Wildman–Crippen MR) is 79.4 cm³/mol. The molecule has 3 atom stereocenters. The summed E-state index contributed by atoms with van der Waals surface area (Å²) in [5.41, 5.74) is 2.13. The molecule has 0 amide bonds. The van der Waals surface area contributed by atoms with Gasteiger partial charge in [-0.25, -0.2) is 0 Å². The van der Waals surface area contributed by atoms with Crippen LogP contribution in [0.4, 0.5) is 0 Å². The van der Waals surface area contributed by atoms with Gasteiger partial charge >= 0.3 is 0 Å². The molecule has 0 saturated heterocycles. The Labute approximate surface area is 117 Å². The maximum absolute atomic E-state index is 2.59. The van der Waals surface area contributed by atoms with E-state index in [1.165, 1.54) is 50.5 Å². The summed E-state index contributed by atoms with van der Waals surface area (Å²) in [6, 6.07) is 11.3. The summed E-state index contributed by atoms with van der Waals surface area (Å²) in [6.45, 7) is 2.59. The van der Waals surface area contributed by atoms with Crippen molar-refractivity contribution in [1.82, 2.24) is 0 Å². The molecule has 0 aliphatic heterocycles. The largest absolute Gasteiger partial charge is 0.189 e. The first-order valence-electron chi connectivity index (χ1n) is 8.09. The van der Waals surface area contributed by atoms with Crippen LogP contribution in [0.5, 0.6) is 0 Å². The summed E-state index contributed by atoms with van der Waals surface area (Å²) in [4.78, 5) is 0. The van der Waals surface area contributed by atoms with Gasteiger partial charge in [-0.2, -0.15) is 0 Å². The van der Waals surface area contributed by atoms with Crippen LogP contribution in [0.25, 0.3) is 0 Å². The lowest BCUT2D eigenvalue weighted by atomic mass is 9.69. The van der Waals surface area contributed by atoms with Gasteiger partial charge in [-0.15, -0.1) is 0 Å². The van der Waals surface area contributed by atoms with E-state index in [9.17, 15) is 0 Å². The highest BCUT2D eigenvalue weighted by atomic mass is 14.6. The third-order valence-electron chi connectivity index (χ3n) is 6.19. The van der Waals surface area contributed by atoms with Gasteiger partial charge in [-0.1, -0.05) is 43.7 Å². The quantitative estimate of drug-likeness (QED) is 0.603. The third-order valence-corrected chi connectivity index (χ3v) is 6.19. The zero-order valence-corrected chi connectivity index (χ0v) is 12.0. The topological polar surface area (TPSA) is 0 Å². The van der Waals surface area contributed by atoms with Crippen molar-refractivity contribution in [3.05, 3.63) is 47.7 Å². The Bertz CT molecular complexity index is 448. The summed E-state index contributed by atoms with van der Waals surface area (Å²) in [5.74, 6) is 5.38. The maximum Gasteiger partial charge on any atom is 0.189 e. The molecule has 0 bridgehead atoms. The van der Waals surface area contributed by atoms with Crippen LogP contribution >= 0.6 is 0 Å². The van der Waals surface area contributed by atoms with Gasteiger partial charge in [0.2, 0.25) is 0 Å². The van der Waals surface area contributed by atoms with Gasteiger partial charge in [-0.05, 0) is 32.1 Å². The molecule has 0 aromatic heterocycles. The minimum atomic E-state index is 0.598. The third kappa shape index (κ3) is 1.61. The summed E-state index contributed by atoms with van der Waals surface area (Å²) < 4.78 is 0. The van der Waals surface area contributed by atoms with Gasteiger partial charge in [-0.3, -0.25) is 0 Å². The fourth-order valence-electron chi connectivity index (χ4n) is 5.37. The standard InChI is InChI=1S/C19H24/c1-19-13-7-12-17(19)18(14-8-3-2-4-9-14)15-10-5-6-11-16(15)19/h2-4,8-9,16-17H,5-7,10-13H2,1H3/q+1/t16?,17-,19+/m0/s1. The summed E-state index contributed by atoms with van der Waals surface area (Å²) in [6.07, 6.45) is 10.0. The Morgan fingerprint density at radius 3 is 2.74 bits per heavy atom. The molecule has 1 aromatic carbocycles. The zero-order chi connectivity index (χ0) is 12.9. The average molecular weight is 252 g/mol. The van der Waals surface area contributed by atoms with Crippen LogP contribution in [0, 0.1) is 29.1 Å². The molecule has 0 heteroatoms. The molecular weight excluding hydrogens is 228 g/mol. The molecule has 0 spiro atoms. The molecule has 99 valence electrons. The van der Waals surface area contributed by atoms with Crippen molar-refractivity contribution in [2.45, 2.75) is 51.9 Å². The Kier molecular flexibility index (Phi) is 2.69. The number of rotatable bonds is 1. The molecule has 3 fully saturated rings. The van der Waals surface area contributed by atoms with E-state index >= 15 is 0 Å². The zero-order valence-electron chi connectivity index (χ0n) is 12.0. The number of benzene rings is 1. The molecular formula is C19H24+. The van der Waals surface area contributed by atoms with E-state index in [2.05, 4.69) is 37.3 Å². The number of hydrogen-bond acceptors (Lipinski definition) is 0. The van der Waals surface area contributed by atoms with Gasteiger partial charge in [0.15, 0.2) is 5.92 Å². The second-order valence-corrected chi connectivity index (χ2v) is 7.05. The van der Waals surface area contributed by atoms with Gasteiger partial charge in [0, 0.05) is 16.9 Å². The molecule has 1 radical (unpaired) electrons. The Balaban J connectivity index is 1.77. The predicted octanol–water partition coefficient (Wildman–Crippen LogP) is 5.19. The molecule has 0 N–H and O–H groups in total. The summed E-state index contributed by atoms with van der Waals surface area (Å²) in [7, 11) is 0. The lowest BCUT2D eigenvalue weighted by molar-refractivity contribution is 0.176. The minimum absolute atomic E-state index is 0.598. The van der Waals surface area contributed by atoms with Crippen molar-refractivity contribution in [3.8, 4) is 0 Å². The van der Waals surface area contributed by atoms with E-state index < -0.39 is 0 Å². The van der Waals surface area contributed by atoms with Crippen LogP contribution in [0.15, 0.2) is 30.3 Å². The van der Waals surface area contributed by atoms with Crippen LogP contribution in [0.2, 0.25) is 0 Å². The lowest BCUT2D eigenvalue weighted by Gasteiger charge is -2.29. The monoisotopic (exact) mass is 252 g/mol. The van der Waals surface area contributed by atoms with Crippen LogP contribution < -0.4 is 0 Å². The van der Waals surface area contributed by atoms with Gasteiger partial charge in [0.25, 0.3) is 0 Å². The van der Waals surface area contributed by atoms with E-state index in [0.717, 1.165) is 11.8 Å². The highest BCUT2D eigenvalue weighted by Crippen LogP contribution is 2.68. The van der Waals surface area contributed by atoms with E-state index in [4.69, 9.17) is 0 Å². The van der Waals surface area contributed by atoms with E-state index in [1.54, 1.807) is 5.92 Å². The van der Waals surface area contributed by atoms with Gasteiger partial charge in [0.05, 0.1) is 6.42 Å². The molecule has 19 heavy (non-hydrogen) atoms. The van der Waals surface area contributed by atoms with Crippen LogP contribution in [-0.2, 0) is 0 Å². The SMILES string of the molecule is C[C@]12CCC[C@H]1[C](c1ccccc1)[C+]1CCCCC12. The molecule has 0 nitrogen and oxygen atoms in total. The second kappa shape index (κ2) is 4.30. The average Bonchev–Trinajstić information content (AvgIpc) is 2.94. The van der Waals surface area contributed by atoms with Crippen molar-refractivity contribution < 1.29 is 0 Å². The van der Waals surface area contributed by atoms with Crippen LogP contribution in [0.3, 0.4) is 0 Å². The van der Waals surface area contributed by atoms with Crippen molar-refractivity contribution in [2.24, 2.45) is 17.3 Å².